The Hall–Kier alpha value is -4.77. The zero-order chi connectivity index (χ0) is 33.5. The Morgan fingerprint density at radius 2 is 1.64 bits per heavy atom. The molecule has 3 N–H and O–H groups in total. The number of rotatable bonds is 11. The van der Waals surface area contributed by atoms with Crippen molar-refractivity contribution in [2.75, 3.05) is 45.0 Å². The highest BCUT2D eigenvalue weighted by Crippen LogP contribution is 2.35. The first kappa shape index (κ1) is 32.2. The zero-order valence-electron chi connectivity index (χ0n) is 26.0. The van der Waals surface area contributed by atoms with Crippen LogP contribution in [0.2, 0.25) is 0 Å². The molecule has 13 nitrogen and oxygen atoms in total. The first-order chi connectivity index (χ1) is 22.3. The molecular weight excluding hydrogens is 646 g/mol. The number of likely N-dealkylation sites (N-methyl/N-ethyl adjacent to an activating group) is 1. The molecule has 6 aromatic rings. The number of aromatic nitrogens is 6. The van der Waals surface area contributed by atoms with Gasteiger partial charge in [0.15, 0.2) is 5.65 Å². The molecule has 0 unspecified atom stereocenters. The van der Waals surface area contributed by atoms with E-state index in [-0.39, 0.29) is 5.82 Å². The number of halogens is 1. The lowest BCUT2D eigenvalue weighted by Gasteiger charge is -2.17. The van der Waals surface area contributed by atoms with Crippen molar-refractivity contribution in [1.29, 1.82) is 0 Å². The summed E-state index contributed by atoms with van der Waals surface area (Å²) in [5.41, 5.74) is 6.18. The van der Waals surface area contributed by atoms with E-state index in [1.165, 1.54) is 18.3 Å². The molecule has 0 bridgehead atoms. The summed E-state index contributed by atoms with van der Waals surface area (Å²) in [5, 5.41) is 12.2. The van der Waals surface area contributed by atoms with Crippen LogP contribution in [0.5, 0.6) is 0 Å². The van der Waals surface area contributed by atoms with E-state index in [1.54, 1.807) is 24.7 Å². The summed E-state index contributed by atoms with van der Waals surface area (Å²) < 4.78 is 63.8. The molecule has 6 rings (SSSR count). The minimum Gasteiger partial charge on any atom is -0.384 e. The second-order valence-corrected chi connectivity index (χ2v) is 15.5. The number of anilines is 1. The topological polar surface area (TPSA) is 170 Å². The lowest BCUT2D eigenvalue weighted by Crippen LogP contribution is -2.34. The third-order valence-electron chi connectivity index (χ3n) is 7.47. The molecule has 1 aromatic carbocycles. The quantitative estimate of drug-likeness (QED) is 0.182. The Kier molecular flexibility index (Phi) is 8.52. The molecule has 0 aliphatic rings. The van der Waals surface area contributed by atoms with Gasteiger partial charge in [-0.1, -0.05) is 3.71 Å². The van der Waals surface area contributed by atoms with Crippen molar-refractivity contribution in [3.05, 3.63) is 78.6 Å². The molecule has 5 heterocycles. The summed E-state index contributed by atoms with van der Waals surface area (Å²) in [6.07, 6.45) is 7.96. The number of hydrogen-bond acceptors (Lipinski definition) is 10. The summed E-state index contributed by atoms with van der Waals surface area (Å²) in [5.74, 6) is -0.374. The van der Waals surface area contributed by atoms with Gasteiger partial charge in [-0.05, 0) is 62.1 Å². The first-order valence-corrected chi connectivity index (χ1v) is 18.1. The third kappa shape index (κ3) is 7.00. The van der Waals surface area contributed by atoms with Gasteiger partial charge < -0.3 is 15.2 Å². The van der Waals surface area contributed by atoms with Gasteiger partial charge in [-0.25, -0.2) is 26.2 Å². The summed E-state index contributed by atoms with van der Waals surface area (Å²) in [7, 11) is -4.13. The molecule has 0 fully saturated rings. The van der Waals surface area contributed by atoms with Crippen molar-refractivity contribution >= 4 is 47.7 Å². The van der Waals surface area contributed by atoms with Gasteiger partial charge >= 0.3 is 0 Å². The Morgan fingerprint density at radius 3 is 2.38 bits per heavy atom. The number of pyridine rings is 3. The zero-order valence-corrected chi connectivity index (χ0v) is 27.6. The molecule has 0 saturated heterocycles. The molecule has 0 atom stereocenters. The van der Waals surface area contributed by atoms with Crippen LogP contribution in [0.3, 0.4) is 0 Å². The highest BCUT2D eigenvalue weighted by Gasteiger charge is 2.27. The Bertz CT molecular complexity index is 2310. The van der Waals surface area contributed by atoms with Crippen molar-refractivity contribution in [2.45, 2.75) is 6.54 Å². The van der Waals surface area contributed by atoms with Gasteiger partial charge in [-0.3, -0.25) is 15.1 Å². The highest BCUT2D eigenvalue weighted by atomic mass is 32.3. The van der Waals surface area contributed by atoms with Crippen LogP contribution in [0.25, 0.3) is 55.7 Å². The number of benzene rings is 1. The largest absolute Gasteiger partial charge is 0.384 e. The predicted molar refractivity (Wildman–Crippen MR) is 180 cm³/mol. The fourth-order valence-electron chi connectivity index (χ4n) is 5.30. The van der Waals surface area contributed by atoms with E-state index in [0.717, 1.165) is 30.0 Å². The van der Waals surface area contributed by atoms with Crippen molar-refractivity contribution in [2.24, 2.45) is 0 Å². The number of nitrogens with zero attached hydrogens (tertiary/aromatic N) is 6. The minimum absolute atomic E-state index is 0.374. The fraction of sp³-hybridized carbons (Fsp3) is 0.226. The SMILES string of the molecule is CN(C)CCNc1cc(F)cc(-c2nccc3[nH]c(-c4[nH]nc5ncc(-c6cncc(CN(S(C)(=O)=O)S(C)(=O)=O)c6)cc45)cc23)c1. The molecule has 0 radical (unpaired) electrons. The standard InChI is InChI=1S/C31H32FN9O4S2/c1-40(2)8-7-34-24-11-20(10-23(32)13-24)29-25-14-28(37-27(25)5-6-35-29)30-26-12-22(17-36-31(26)39-38-30)21-9-19(15-33-16-21)18-41(46(3,42)43)47(4,44)45/h5-6,9-17,34,37H,7-8,18H2,1-4H3,(H,36,38,39). The molecule has 0 aliphatic heterocycles. The highest BCUT2D eigenvalue weighted by molar-refractivity contribution is 8.03. The Balaban J connectivity index is 1.35. The molecule has 16 heteroatoms. The van der Waals surface area contributed by atoms with Gasteiger partial charge in [0.1, 0.15) is 5.82 Å². The van der Waals surface area contributed by atoms with Crippen LogP contribution in [-0.2, 0) is 26.6 Å². The van der Waals surface area contributed by atoms with E-state index < -0.39 is 26.6 Å². The maximum atomic E-state index is 14.7. The first-order valence-electron chi connectivity index (χ1n) is 14.4. The molecule has 244 valence electrons. The lowest BCUT2D eigenvalue weighted by molar-refractivity contribution is 0.425. The molecular formula is C31H32FN9O4S2. The van der Waals surface area contributed by atoms with E-state index in [2.05, 4.69) is 35.5 Å². The molecule has 5 aromatic heterocycles. The van der Waals surface area contributed by atoms with E-state index in [9.17, 15) is 21.2 Å². The van der Waals surface area contributed by atoms with Crippen molar-refractivity contribution in [1.82, 2.24) is 38.7 Å². The average Bonchev–Trinajstić information content (AvgIpc) is 3.62. The normalized spacial score (nSPS) is 12.5. The minimum atomic E-state index is -4.04. The second kappa shape index (κ2) is 12.4. The number of fused-ring (bicyclic) bond motifs is 2. The second-order valence-electron chi connectivity index (χ2n) is 11.5. The van der Waals surface area contributed by atoms with Crippen molar-refractivity contribution in [3.8, 4) is 33.8 Å². The molecule has 0 aliphatic carbocycles. The number of H-pyrrole nitrogens is 2. The fourth-order valence-corrected chi connectivity index (χ4v) is 8.03. The van der Waals surface area contributed by atoms with Crippen molar-refractivity contribution < 1.29 is 21.2 Å². The van der Waals surface area contributed by atoms with Gasteiger partial charge in [0.2, 0.25) is 20.0 Å². The summed E-state index contributed by atoms with van der Waals surface area (Å²) in [4.78, 5) is 18.8. The maximum absolute atomic E-state index is 14.7. The third-order valence-corrected chi connectivity index (χ3v) is 10.8. The van der Waals surface area contributed by atoms with Crippen LogP contribution in [0.15, 0.2) is 67.3 Å². The van der Waals surface area contributed by atoms with Gasteiger partial charge in [-0.15, -0.1) is 0 Å². The van der Waals surface area contributed by atoms with E-state index in [1.807, 2.05) is 43.3 Å². The molecule has 0 spiro atoms. The maximum Gasteiger partial charge on any atom is 0.224 e. The molecule has 0 saturated carbocycles. The Morgan fingerprint density at radius 1 is 0.872 bits per heavy atom. The average molecular weight is 678 g/mol. The van der Waals surface area contributed by atoms with Crippen LogP contribution >= 0.6 is 0 Å². The number of aromatic amines is 2. The van der Waals surface area contributed by atoms with E-state index in [0.29, 0.717) is 66.3 Å². The van der Waals surface area contributed by atoms with Gasteiger partial charge in [0, 0.05) is 76.5 Å². The molecule has 0 amide bonds. The van der Waals surface area contributed by atoms with Crippen LogP contribution < -0.4 is 5.32 Å². The summed E-state index contributed by atoms with van der Waals surface area (Å²) in [6, 6.07) is 12.1. The Labute approximate surface area is 271 Å². The summed E-state index contributed by atoms with van der Waals surface area (Å²) in [6.45, 7) is 1.06. The molecule has 47 heavy (non-hydrogen) atoms. The predicted octanol–water partition coefficient (Wildman–Crippen LogP) is 4.06. The van der Waals surface area contributed by atoms with Crippen molar-refractivity contribution in [3.63, 3.8) is 0 Å². The van der Waals surface area contributed by atoms with Crippen LogP contribution in [0.1, 0.15) is 5.56 Å². The van der Waals surface area contributed by atoms with Crippen LogP contribution in [-0.4, -0.2) is 95.3 Å². The van der Waals surface area contributed by atoms with Gasteiger partial charge in [0.25, 0.3) is 0 Å². The van der Waals surface area contributed by atoms with Crippen LogP contribution in [0, 0.1) is 5.82 Å². The van der Waals surface area contributed by atoms with Gasteiger partial charge in [-0.2, -0.15) is 5.10 Å². The lowest BCUT2D eigenvalue weighted by atomic mass is 10.0. The van der Waals surface area contributed by atoms with E-state index >= 15 is 0 Å². The monoisotopic (exact) mass is 677 g/mol. The number of hydrogen-bond donors (Lipinski definition) is 3. The summed E-state index contributed by atoms with van der Waals surface area (Å²) >= 11 is 0. The van der Waals surface area contributed by atoms with E-state index in [4.69, 9.17) is 0 Å². The van der Waals surface area contributed by atoms with Gasteiger partial charge in [0.05, 0.1) is 36.1 Å². The smallest absolute Gasteiger partial charge is 0.224 e. The number of sulfonamides is 2. The number of nitrogens with one attached hydrogen (secondary N) is 3. The van der Waals surface area contributed by atoms with Crippen LogP contribution in [0.4, 0.5) is 10.1 Å².